The third-order valence-corrected chi connectivity index (χ3v) is 34.9. The molecule has 6 aromatic carbocycles. The van der Waals surface area contributed by atoms with Crippen LogP contribution in [0.3, 0.4) is 0 Å². The van der Waals surface area contributed by atoms with Gasteiger partial charge in [-0.15, -0.1) is 0 Å². The van der Waals surface area contributed by atoms with Gasteiger partial charge in [-0.1, -0.05) is 200 Å². The minimum absolute atomic E-state index is 0.106. The van der Waals surface area contributed by atoms with Crippen LogP contribution in [0.15, 0.2) is 199 Å². The van der Waals surface area contributed by atoms with Crippen LogP contribution in [0, 0.1) is 0 Å². The van der Waals surface area contributed by atoms with E-state index >= 15 is 0 Å². The number of benzene rings is 6. The largest absolute Gasteiger partial charge is 0.0622 e. The van der Waals surface area contributed by atoms with Gasteiger partial charge < -0.3 is 4.74 Å². The van der Waals surface area contributed by atoms with E-state index in [4.69, 9.17) is 63.3 Å². The normalized spacial score (nSPS) is 11.8. The number of unbranched alkanes of at least 4 members (excludes halogenated alkanes) is 3. The molecule has 0 N–H and O–H groups in total. The van der Waals surface area contributed by atoms with Crippen molar-refractivity contribution in [3.05, 3.63) is 243 Å². The molecule has 0 spiro atoms. The summed E-state index contributed by atoms with van der Waals surface area (Å²) >= 11 is 15.0. The fraction of sp³-hybridized carbons (Fsp3) is 0.314. The molecule has 0 saturated heterocycles. The summed E-state index contributed by atoms with van der Waals surface area (Å²) in [6.07, 6.45) is 14.3. The van der Waals surface area contributed by atoms with Crippen molar-refractivity contribution < 1.29 is 25.4 Å². The second-order valence-electron chi connectivity index (χ2n) is 20.2. The van der Waals surface area contributed by atoms with Gasteiger partial charge in [-0.2, -0.15) is 0 Å². The van der Waals surface area contributed by atoms with Gasteiger partial charge in [0.25, 0.3) is 0 Å². The van der Waals surface area contributed by atoms with Crippen molar-refractivity contribution in [2.75, 3.05) is 13.2 Å². The first kappa shape index (κ1) is 72.1. The van der Waals surface area contributed by atoms with E-state index in [1.807, 2.05) is 6.92 Å². The van der Waals surface area contributed by atoms with E-state index in [2.05, 4.69) is 243 Å². The number of hydrogen-bond acceptors (Lipinski definition) is 6. The van der Waals surface area contributed by atoms with Crippen molar-refractivity contribution in [2.45, 2.75) is 125 Å². The van der Waals surface area contributed by atoms with Gasteiger partial charge in [0.1, 0.15) is 16.6 Å². The number of aryl methyl sites for hydroxylation is 2. The molecule has 0 saturated carbocycles. The van der Waals surface area contributed by atoms with Gasteiger partial charge in [0.15, 0.2) is 0 Å². The van der Waals surface area contributed by atoms with Gasteiger partial charge >= 0.3 is 155 Å². The molecule has 0 amide bonds. The van der Waals surface area contributed by atoms with Crippen LogP contribution >= 0.6 is 69.7 Å². The summed E-state index contributed by atoms with van der Waals surface area (Å²) < 4.78 is 16.9. The fourth-order valence-electron chi connectivity index (χ4n) is 10.3. The molecule has 0 fully saturated rings. The Hall–Kier alpha value is -3.67. The zero-order valence-corrected chi connectivity index (χ0v) is 59.9. The summed E-state index contributed by atoms with van der Waals surface area (Å²) in [5.41, 5.74) is 5.08. The summed E-state index contributed by atoms with van der Waals surface area (Å²) in [7, 11) is 8.74. The topological polar surface area (TPSA) is 70.0 Å². The predicted octanol–water partition coefficient (Wildman–Crippen LogP) is 19.1. The van der Waals surface area contributed by atoms with E-state index in [0.29, 0.717) is 17.5 Å². The maximum Gasteiger partial charge on any atom is -0.0134 e. The number of halogens is 5. The molecule has 2 heterocycles. The van der Waals surface area contributed by atoms with Gasteiger partial charge in [0.2, 0.25) is 10.6 Å². The van der Waals surface area contributed by atoms with Crippen LogP contribution < -0.4 is 31.8 Å². The molecule has 0 bridgehead atoms. The molecule has 0 unspecified atom stereocenters. The molecule has 2 aliphatic rings. The van der Waals surface area contributed by atoms with E-state index in [9.17, 15) is 0 Å². The summed E-state index contributed by atoms with van der Waals surface area (Å²) in [5, 5.41) is 9.46. The van der Waals surface area contributed by atoms with E-state index in [1.54, 1.807) is 0 Å². The fourth-order valence-corrected chi connectivity index (χ4v) is 30.2. The van der Waals surface area contributed by atoms with Crippen LogP contribution in [0.25, 0.3) is 5.76 Å². The average molecular weight is 1480 g/mol. The molecule has 2 aromatic heterocycles. The Morgan fingerprint density at radius 1 is 0.447 bits per heavy atom. The quantitative estimate of drug-likeness (QED) is 0.0235. The van der Waals surface area contributed by atoms with Crippen molar-refractivity contribution >= 4 is 126 Å². The Labute approximate surface area is 546 Å². The van der Waals surface area contributed by atoms with Crippen LogP contribution in [-0.4, -0.2) is 51.5 Å². The Kier molecular flexibility index (Phi) is 35.2. The van der Waals surface area contributed by atoms with Crippen LogP contribution in [0.1, 0.15) is 114 Å². The van der Waals surface area contributed by atoms with Gasteiger partial charge in [-0.05, 0) is 116 Å². The van der Waals surface area contributed by atoms with Crippen molar-refractivity contribution in [1.82, 2.24) is 19.9 Å². The van der Waals surface area contributed by atoms with Crippen molar-refractivity contribution in [2.24, 2.45) is 0 Å². The van der Waals surface area contributed by atoms with Crippen LogP contribution in [-0.2, 0) is 51.1 Å². The van der Waals surface area contributed by atoms with Gasteiger partial charge in [0.05, 0.1) is 12.3 Å². The summed E-state index contributed by atoms with van der Waals surface area (Å²) in [6, 6.07) is 64.7. The molecule has 10 rings (SSSR count). The van der Waals surface area contributed by atoms with Crippen LogP contribution in [0.2, 0.25) is 29.0 Å². The SMILES string of the molecule is C=C(OCC)c1nc(Cl)nc2c1CCC2.C=[C](OCC)[Sn]([CH2]CCC)([CH2]CCC)[CH2]CCC.Clc1nc(Cl)c2c(n1)CCC2.[Cl][Pd][Cl].c1ccc(P(c2ccccc2)c2ccccc2)cc1.c1ccc(P(c2ccccc2)c2ccccc2)cc1. The maximum absolute atomic E-state index is 5.90. The molecule has 454 valence electrons. The summed E-state index contributed by atoms with van der Waals surface area (Å²) in [5.74, 6) is 0.597. The zero-order valence-electron chi connectivity index (χ0n) is 50.0. The van der Waals surface area contributed by atoms with Crippen LogP contribution in [0.5, 0.6) is 0 Å². The second kappa shape index (κ2) is 41.5. The number of fused-ring (bicyclic) bond motifs is 2. The average Bonchev–Trinajstić information content (AvgIpc) is 4.47. The molecule has 6 nitrogen and oxygen atoms in total. The summed E-state index contributed by atoms with van der Waals surface area (Å²) in [4.78, 5) is 16.4. The molecule has 0 radical (unpaired) electrons. The first-order valence-corrected chi connectivity index (χ1v) is 44.9. The maximum atomic E-state index is 5.90. The number of aromatic nitrogens is 4. The Balaban J connectivity index is 0.000000194. The van der Waals surface area contributed by atoms with E-state index in [0.717, 1.165) is 73.3 Å². The van der Waals surface area contributed by atoms with Gasteiger partial charge in [0, 0.05) is 16.8 Å². The predicted molar refractivity (Wildman–Crippen MR) is 371 cm³/mol. The number of hydrogen-bond donors (Lipinski definition) is 0. The van der Waals surface area contributed by atoms with Crippen molar-refractivity contribution in [3.8, 4) is 0 Å². The first-order valence-electron chi connectivity index (χ1n) is 29.6. The Bertz CT molecular complexity index is 2820. The zero-order chi connectivity index (χ0) is 61.1. The standard InChI is InChI=1S/2C18H15P.C11H13ClN2O.C7H6Cl2N2.C4H7O.3C4H9.2ClH.Pd.Sn/c2*1-4-10-16(11-5-1)19(17-12-6-2-7-13-17)18-14-8-3-9-15-18;1-3-15-7(2)10-8-5-4-6-9(8)13-11(12)14-10;8-6-4-2-1-3-5(4)10-7(9)11-6;1-3-5-4-2;3*1-3-4-2;;;;/h2*1-15H;2-6H2,1H3;1-3H2;1,4H2,2H3;3*1,3-4H2,2H3;2*1H;;/q;;;;;;;;;;+2;/p-2. The number of ether oxygens (including phenoxy) is 2. The van der Waals surface area contributed by atoms with E-state index in [-0.39, 0.29) is 26.5 Å². The molecular weight excluding hydrogens is 1390 g/mol. The van der Waals surface area contributed by atoms with Gasteiger partial charge in [-0.25, -0.2) is 19.9 Å². The van der Waals surface area contributed by atoms with E-state index in [1.165, 1.54) is 87.4 Å². The minimum Gasteiger partial charge on any atom is -0.0622 e. The Morgan fingerprint density at radius 3 is 1.07 bits per heavy atom. The number of rotatable bonds is 21. The molecule has 15 heteroatoms. The van der Waals surface area contributed by atoms with Crippen LogP contribution in [0.4, 0.5) is 0 Å². The summed E-state index contributed by atoms with van der Waals surface area (Å²) in [6.45, 7) is 20.5. The molecule has 8 aromatic rings. The smallest absolute Gasteiger partial charge is 0.0134 e. The number of nitrogens with zero attached hydrogens (tertiary/aromatic N) is 4. The third-order valence-electron chi connectivity index (χ3n) is 14.4. The molecule has 85 heavy (non-hydrogen) atoms. The third kappa shape index (κ3) is 24.0. The Morgan fingerprint density at radius 2 is 0.753 bits per heavy atom. The molecule has 0 aliphatic heterocycles. The molecule has 2 aliphatic carbocycles. The second-order valence-corrected chi connectivity index (χ2v) is 41.2. The van der Waals surface area contributed by atoms with Crippen molar-refractivity contribution in [3.63, 3.8) is 0 Å². The monoisotopic (exact) mass is 1470 g/mol. The van der Waals surface area contributed by atoms with E-state index < -0.39 is 34.2 Å². The molecule has 0 atom stereocenters. The minimum atomic E-state index is -2.24. The first-order chi connectivity index (χ1) is 41.5. The van der Waals surface area contributed by atoms with Gasteiger partial charge in [-0.3, -0.25) is 0 Å². The van der Waals surface area contributed by atoms with Crippen molar-refractivity contribution in [1.29, 1.82) is 0 Å². The molecular formula is C70H83Cl5N4O2P2PdSn.